The minimum absolute atomic E-state index is 0.0699. The van der Waals surface area contributed by atoms with Gasteiger partial charge in [0.2, 0.25) is 6.79 Å². The molecular weight excluding hydrogens is 328 g/mol. The van der Waals surface area contributed by atoms with E-state index >= 15 is 0 Å². The van der Waals surface area contributed by atoms with Crippen LogP contribution in [-0.2, 0) is 9.59 Å². The molecule has 25 heavy (non-hydrogen) atoms. The van der Waals surface area contributed by atoms with Gasteiger partial charge in [0, 0.05) is 6.07 Å². The van der Waals surface area contributed by atoms with Crippen LogP contribution in [0.2, 0.25) is 0 Å². The van der Waals surface area contributed by atoms with Crippen molar-refractivity contribution in [2.45, 2.75) is 6.92 Å². The Labute approximate surface area is 141 Å². The maximum Gasteiger partial charge on any atom is 0.335 e. The molecule has 0 atom stereocenters. The van der Waals surface area contributed by atoms with Crippen LogP contribution < -0.4 is 19.7 Å². The highest BCUT2D eigenvalue weighted by Gasteiger charge is 2.37. The summed E-state index contributed by atoms with van der Waals surface area (Å²) in [4.78, 5) is 37.8. The molecule has 4 amide bonds. The first-order valence-electron chi connectivity index (χ1n) is 7.40. The van der Waals surface area contributed by atoms with Gasteiger partial charge in [0.15, 0.2) is 11.5 Å². The van der Waals surface area contributed by atoms with Crippen molar-refractivity contribution in [3.63, 3.8) is 0 Å². The molecule has 0 spiro atoms. The summed E-state index contributed by atoms with van der Waals surface area (Å²) in [6, 6.07) is 7.14. The molecule has 4 rings (SSSR count). The number of benzene rings is 1. The van der Waals surface area contributed by atoms with Crippen LogP contribution in [0.1, 0.15) is 11.5 Å². The zero-order valence-corrected chi connectivity index (χ0v) is 13.1. The molecule has 8 heteroatoms. The second-order valence-electron chi connectivity index (χ2n) is 5.44. The van der Waals surface area contributed by atoms with Crippen molar-refractivity contribution in [2.24, 2.45) is 0 Å². The number of anilines is 1. The molecule has 1 N–H and O–H groups in total. The first-order valence-corrected chi connectivity index (χ1v) is 7.40. The fourth-order valence-corrected chi connectivity index (χ4v) is 2.59. The molecule has 0 bridgehead atoms. The summed E-state index contributed by atoms with van der Waals surface area (Å²) in [7, 11) is 0. The number of nitrogens with one attached hydrogen (secondary N) is 1. The topological polar surface area (TPSA) is 98.1 Å². The largest absolute Gasteiger partial charge is 0.462 e. The van der Waals surface area contributed by atoms with Crippen molar-refractivity contribution in [1.82, 2.24) is 5.32 Å². The van der Waals surface area contributed by atoms with E-state index in [0.29, 0.717) is 23.0 Å². The molecule has 1 aromatic carbocycles. The summed E-state index contributed by atoms with van der Waals surface area (Å²) in [5, 5.41) is 2.15. The third-order valence-corrected chi connectivity index (χ3v) is 3.76. The van der Waals surface area contributed by atoms with Crippen molar-refractivity contribution >= 4 is 29.6 Å². The van der Waals surface area contributed by atoms with Gasteiger partial charge in [-0.05, 0) is 37.3 Å². The summed E-state index contributed by atoms with van der Waals surface area (Å²) in [5.41, 5.74) is 0.0624. The summed E-state index contributed by atoms with van der Waals surface area (Å²) in [6.45, 7) is 1.81. The Morgan fingerprint density at radius 3 is 2.64 bits per heavy atom. The van der Waals surface area contributed by atoms with Crippen LogP contribution in [0, 0.1) is 6.92 Å². The number of ether oxygens (including phenoxy) is 2. The van der Waals surface area contributed by atoms with Crippen LogP contribution in [0.5, 0.6) is 11.5 Å². The Balaban J connectivity index is 1.72. The van der Waals surface area contributed by atoms with E-state index in [2.05, 4.69) is 5.32 Å². The number of hydrogen-bond donors (Lipinski definition) is 1. The molecule has 3 heterocycles. The molecule has 8 nitrogen and oxygen atoms in total. The number of aryl methyl sites for hydroxylation is 1. The highest BCUT2D eigenvalue weighted by atomic mass is 16.7. The van der Waals surface area contributed by atoms with Gasteiger partial charge < -0.3 is 13.9 Å². The van der Waals surface area contributed by atoms with Crippen LogP contribution in [0.4, 0.5) is 10.5 Å². The van der Waals surface area contributed by atoms with E-state index in [9.17, 15) is 14.4 Å². The predicted octanol–water partition coefficient (Wildman–Crippen LogP) is 1.98. The number of furan rings is 1. The lowest BCUT2D eigenvalue weighted by molar-refractivity contribution is -0.122. The number of carbonyl (C=O) groups excluding carboxylic acids is 3. The lowest BCUT2D eigenvalue weighted by atomic mass is 10.1. The Kier molecular flexibility index (Phi) is 3.31. The van der Waals surface area contributed by atoms with Crippen molar-refractivity contribution in [1.29, 1.82) is 0 Å². The number of imide groups is 2. The number of fused-ring (bicyclic) bond motifs is 1. The van der Waals surface area contributed by atoms with Gasteiger partial charge in [-0.1, -0.05) is 0 Å². The fraction of sp³-hybridized carbons (Fsp3) is 0.118. The SMILES string of the molecule is Cc1ccc(/C=C2\C(=O)NC(=O)N(c3ccc4c(c3)OCO4)C2=O)o1. The average molecular weight is 340 g/mol. The maximum absolute atomic E-state index is 12.7. The minimum atomic E-state index is -0.832. The predicted molar refractivity (Wildman–Crippen MR) is 85.0 cm³/mol. The van der Waals surface area contributed by atoms with Gasteiger partial charge in [-0.2, -0.15) is 0 Å². The molecule has 0 radical (unpaired) electrons. The Morgan fingerprint density at radius 1 is 1.08 bits per heavy atom. The van der Waals surface area contributed by atoms with E-state index in [1.165, 1.54) is 18.2 Å². The summed E-state index contributed by atoms with van der Waals surface area (Å²) < 4.78 is 15.8. The number of hydrogen-bond acceptors (Lipinski definition) is 6. The number of barbiturate groups is 1. The van der Waals surface area contributed by atoms with E-state index in [1.807, 2.05) is 0 Å². The fourth-order valence-electron chi connectivity index (χ4n) is 2.59. The van der Waals surface area contributed by atoms with Crippen LogP contribution >= 0.6 is 0 Å². The Bertz CT molecular complexity index is 942. The van der Waals surface area contributed by atoms with Crippen LogP contribution in [0.3, 0.4) is 0 Å². The Morgan fingerprint density at radius 2 is 1.88 bits per heavy atom. The molecule has 2 aromatic rings. The molecule has 0 aliphatic carbocycles. The smallest absolute Gasteiger partial charge is 0.335 e. The normalized spacial score (nSPS) is 18.0. The first-order chi connectivity index (χ1) is 12.0. The second kappa shape index (κ2) is 5.52. The van der Waals surface area contributed by atoms with Gasteiger partial charge >= 0.3 is 6.03 Å². The lowest BCUT2D eigenvalue weighted by Crippen LogP contribution is -2.54. The van der Waals surface area contributed by atoms with Gasteiger partial charge in [0.1, 0.15) is 17.1 Å². The number of rotatable bonds is 2. The van der Waals surface area contributed by atoms with Crippen molar-refractivity contribution in [3.05, 3.63) is 47.4 Å². The maximum atomic E-state index is 12.7. The van der Waals surface area contributed by atoms with Gasteiger partial charge in [0.05, 0.1) is 5.69 Å². The molecule has 126 valence electrons. The third-order valence-electron chi connectivity index (χ3n) is 3.76. The number of amides is 4. The molecule has 1 fully saturated rings. The Hall–Kier alpha value is -3.55. The van der Waals surface area contributed by atoms with Crippen LogP contribution in [0.25, 0.3) is 6.08 Å². The monoisotopic (exact) mass is 340 g/mol. The van der Waals surface area contributed by atoms with Gasteiger partial charge in [0.25, 0.3) is 11.8 Å². The minimum Gasteiger partial charge on any atom is -0.462 e. The van der Waals surface area contributed by atoms with Crippen LogP contribution in [-0.4, -0.2) is 24.6 Å². The average Bonchev–Trinajstić information content (AvgIpc) is 3.19. The molecule has 2 aliphatic rings. The molecule has 2 aliphatic heterocycles. The molecule has 0 saturated carbocycles. The van der Waals surface area contributed by atoms with E-state index in [1.54, 1.807) is 25.1 Å². The van der Waals surface area contributed by atoms with Gasteiger partial charge in [-0.15, -0.1) is 0 Å². The molecular formula is C17H12N2O6. The van der Waals surface area contributed by atoms with E-state index < -0.39 is 17.8 Å². The second-order valence-corrected chi connectivity index (χ2v) is 5.44. The van der Waals surface area contributed by atoms with E-state index in [4.69, 9.17) is 13.9 Å². The third kappa shape index (κ3) is 2.53. The number of nitrogens with zero attached hydrogens (tertiary/aromatic N) is 1. The summed E-state index contributed by atoms with van der Waals surface area (Å²) in [6.07, 6.45) is 1.30. The van der Waals surface area contributed by atoms with Gasteiger partial charge in [-0.25, -0.2) is 9.69 Å². The zero-order chi connectivity index (χ0) is 17.6. The molecule has 1 aromatic heterocycles. The standard InChI is InChI=1S/C17H12N2O6/c1-9-2-4-11(25-9)7-12-15(20)18-17(22)19(16(12)21)10-3-5-13-14(6-10)24-8-23-13/h2-7H,8H2,1H3,(H,18,20,22)/b12-7+. The molecule has 0 unspecified atom stereocenters. The van der Waals surface area contributed by atoms with Crippen molar-refractivity contribution in [3.8, 4) is 11.5 Å². The van der Waals surface area contributed by atoms with Crippen molar-refractivity contribution < 1.29 is 28.3 Å². The van der Waals surface area contributed by atoms with E-state index in [0.717, 1.165) is 4.90 Å². The van der Waals surface area contributed by atoms with Gasteiger partial charge in [-0.3, -0.25) is 14.9 Å². The lowest BCUT2D eigenvalue weighted by Gasteiger charge is -2.26. The first kappa shape index (κ1) is 15.0. The number of urea groups is 1. The zero-order valence-electron chi connectivity index (χ0n) is 13.1. The number of carbonyl (C=O) groups is 3. The highest BCUT2D eigenvalue weighted by molar-refractivity contribution is 6.39. The quantitative estimate of drug-likeness (QED) is 0.663. The summed E-state index contributed by atoms with van der Waals surface area (Å²) >= 11 is 0. The molecule has 1 saturated heterocycles. The highest BCUT2D eigenvalue weighted by Crippen LogP contribution is 2.36. The van der Waals surface area contributed by atoms with Crippen LogP contribution in [0.15, 0.2) is 40.3 Å². The summed E-state index contributed by atoms with van der Waals surface area (Å²) in [5.74, 6) is 0.395. The van der Waals surface area contributed by atoms with E-state index in [-0.39, 0.29) is 18.1 Å². The van der Waals surface area contributed by atoms with Crippen molar-refractivity contribution in [2.75, 3.05) is 11.7 Å².